The normalized spacial score (nSPS) is 16.9. The molecule has 1 aliphatic heterocycles. The van der Waals surface area contributed by atoms with Gasteiger partial charge >= 0.3 is 5.97 Å². The minimum atomic E-state index is -0.349. The summed E-state index contributed by atoms with van der Waals surface area (Å²) in [4.78, 5) is 12.1. The van der Waals surface area contributed by atoms with Gasteiger partial charge in [0.1, 0.15) is 11.4 Å². The Morgan fingerprint density at radius 3 is 3.05 bits per heavy atom. The highest BCUT2D eigenvalue weighted by atomic mass is 16.5. The van der Waals surface area contributed by atoms with E-state index < -0.39 is 0 Å². The Kier molecular flexibility index (Phi) is 3.56. The first-order valence-electron chi connectivity index (χ1n) is 6.96. The maximum absolute atomic E-state index is 12.1. The summed E-state index contributed by atoms with van der Waals surface area (Å²) in [7, 11) is 1.77. The Labute approximate surface area is 123 Å². The van der Waals surface area contributed by atoms with Gasteiger partial charge in [0.25, 0.3) is 0 Å². The minimum Gasteiger partial charge on any atom is -0.493 e. The van der Waals surface area contributed by atoms with E-state index in [4.69, 9.17) is 15.2 Å². The Bertz CT molecular complexity index is 663. The second-order valence-corrected chi connectivity index (χ2v) is 5.24. The van der Waals surface area contributed by atoms with Crippen LogP contribution >= 0.6 is 0 Å². The lowest BCUT2D eigenvalue weighted by Gasteiger charge is -2.25. The Balaban J connectivity index is 1.69. The van der Waals surface area contributed by atoms with Gasteiger partial charge in [0.15, 0.2) is 0 Å². The van der Waals surface area contributed by atoms with Crippen LogP contribution in [0.5, 0.6) is 5.75 Å². The molecule has 5 heteroatoms. The molecule has 0 amide bonds. The molecule has 0 saturated carbocycles. The Morgan fingerprint density at radius 1 is 1.48 bits per heavy atom. The zero-order chi connectivity index (χ0) is 14.8. The number of rotatable bonds is 3. The van der Waals surface area contributed by atoms with Crippen LogP contribution in [-0.4, -0.2) is 23.8 Å². The molecule has 1 unspecified atom stereocenters. The van der Waals surface area contributed by atoms with Crippen LogP contribution in [0.4, 0.5) is 5.69 Å². The van der Waals surface area contributed by atoms with E-state index in [1.807, 2.05) is 24.3 Å². The molecule has 0 bridgehead atoms. The number of fused-ring (bicyclic) bond motifs is 1. The Hall–Kier alpha value is -2.43. The van der Waals surface area contributed by atoms with Crippen LogP contribution in [0.25, 0.3) is 0 Å². The number of aryl methyl sites for hydroxylation is 1. The fourth-order valence-corrected chi connectivity index (χ4v) is 2.63. The number of ether oxygens (including phenoxy) is 2. The summed E-state index contributed by atoms with van der Waals surface area (Å²) < 4.78 is 12.7. The second-order valence-electron chi connectivity index (χ2n) is 5.24. The van der Waals surface area contributed by atoms with Gasteiger partial charge < -0.3 is 19.8 Å². The summed E-state index contributed by atoms with van der Waals surface area (Å²) in [5, 5.41) is 0. The van der Waals surface area contributed by atoms with Crippen molar-refractivity contribution in [3.05, 3.63) is 47.8 Å². The van der Waals surface area contributed by atoms with Crippen LogP contribution in [0.2, 0.25) is 0 Å². The van der Waals surface area contributed by atoms with Crippen LogP contribution in [0, 0.1) is 0 Å². The number of aromatic nitrogens is 1. The molecular weight excluding hydrogens is 268 g/mol. The van der Waals surface area contributed by atoms with Crippen LogP contribution in [0.3, 0.4) is 0 Å². The highest BCUT2D eigenvalue weighted by Crippen LogP contribution is 2.33. The van der Waals surface area contributed by atoms with Gasteiger partial charge in [0.05, 0.1) is 18.9 Å². The van der Waals surface area contributed by atoms with Crippen molar-refractivity contribution >= 4 is 11.7 Å². The van der Waals surface area contributed by atoms with Crippen molar-refractivity contribution in [2.75, 3.05) is 18.9 Å². The third kappa shape index (κ3) is 2.72. The van der Waals surface area contributed by atoms with Crippen molar-refractivity contribution < 1.29 is 14.3 Å². The van der Waals surface area contributed by atoms with Crippen molar-refractivity contribution in [3.8, 4) is 5.75 Å². The molecule has 1 aromatic heterocycles. The predicted molar refractivity (Wildman–Crippen MR) is 79.4 cm³/mol. The summed E-state index contributed by atoms with van der Waals surface area (Å²) in [6.45, 7) is 1.00. The standard InChI is InChI=1S/C16H18N2O3/c1-18-9-12(17)8-14(18)16(19)21-10-11-6-7-20-15-5-3-2-4-13(11)15/h2-5,8-9,11H,6-7,10,17H2,1H3. The number of nitrogens with zero attached hydrogens (tertiary/aromatic N) is 1. The molecule has 2 heterocycles. The summed E-state index contributed by atoms with van der Waals surface area (Å²) in [6, 6.07) is 9.51. The lowest BCUT2D eigenvalue weighted by atomic mass is 9.94. The van der Waals surface area contributed by atoms with E-state index in [9.17, 15) is 4.79 Å². The topological polar surface area (TPSA) is 66.5 Å². The Morgan fingerprint density at radius 2 is 2.29 bits per heavy atom. The quantitative estimate of drug-likeness (QED) is 0.879. The first kappa shape index (κ1) is 13.5. The fraction of sp³-hybridized carbons (Fsp3) is 0.312. The van der Waals surface area contributed by atoms with Crippen LogP contribution in [0.1, 0.15) is 28.4 Å². The SMILES string of the molecule is Cn1cc(N)cc1C(=O)OCC1CCOc2ccccc21. The third-order valence-electron chi connectivity index (χ3n) is 3.73. The van der Waals surface area contributed by atoms with Crippen molar-refractivity contribution in [2.24, 2.45) is 7.05 Å². The lowest BCUT2D eigenvalue weighted by Crippen LogP contribution is -2.20. The first-order valence-corrected chi connectivity index (χ1v) is 6.96. The number of hydrogen-bond donors (Lipinski definition) is 1. The molecule has 2 aromatic rings. The number of para-hydroxylation sites is 1. The van der Waals surface area contributed by atoms with Crippen LogP contribution < -0.4 is 10.5 Å². The minimum absolute atomic E-state index is 0.177. The van der Waals surface area contributed by atoms with E-state index in [0.717, 1.165) is 17.7 Å². The van der Waals surface area contributed by atoms with Crippen LogP contribution in [-0.2, 0) is 11.8 Å². The highest BCUT2D eigenvalue weighted by molar-refractivity contribution is 5.89. The summed E-state index contributed by atoms with van der Waals surface area (Å²) in [5.41, 5.74) is 7.80. The number of carbonyl (C=O) groups excluding carboxylic acids is 1. The summed E-state index contributed by atoms with van der Waals surface area (Å²) in [6.07, 6.45) is 2.54. The number of nitrogen functional groups attached to an aromatic ring is 1. The molecule has 0 aliphatic carbocycles. The molecule has 0 fully saturated rings. The molecule has 5 nitrogen and oxygen atoms in total. The highest BCUT2D eigenvalue weighted by Gasteiger charge is 2.23. The maximum Gasteiger partial charge on any atom is 0.355 e. The maximum atomic E-state index is 12.1. The molecule has 21 heavy (non-hydrogen) atoms. The van der Waals surface area contributed by atoms with Crippen molar-refractivity contribution in [2.45, 2.75) is 12.3 Å². The summed E-state index contributed by atoms with van der Waals surface area (Å²) in [5.74, 6) is 0.711. The van der Waals surface area contributed by atoms with Crippen molar-refractivity contribution in [1.82, 2.24) is 4.57 Å². The fourth-order valence-electron chi connectivity index (χ4n) is 2.63. The molecule has 0 spiro atoms. The molecule has 1 atom stereocenters. The lowest BCUT2D eigenvalue weighted by molar-refractivity contribution is 0.0448. The smallest absolute Gasteiger partial charge is 0.355 e. The van der Waals surface area contributed by atoms with E-state index in [0.29, 0.717) is 24.6 Å². The molecule has 110 valence electrons. The second kappa shape index (κ2) is 5.52. The van der Waals surface area contributed by atoms with Crippen molar-refractivity contribution in [1.29, 1.82) is 0 Å². The number of hydrogen-bond acceptors (Lipinski definition) is 4. The predicted octanol–water partition coefficient (Wildman–Crippen LogP) is 2.33. The van der Waals surface area contributed by atoms with Gasteiger partial charge in [0.2, 0.25) is 0 Å². The summed E-state index contributed by atoms with van der Waals surface area (Å²) >= 11 is 0. The van der Waals surface area contributed by atoms with Gasteiger partial charge in [-0.1, -0.05) is 18.2 Å². The molecule has 3 rings (SSSR count). The van der Waals surface area contributed by atoms with E-state index in [2.05, 4.69) is 0 Å². The number of anilines is 1. The van der Waals surface area contributed by atoms with Gasteiger partial charge in [-0.3, -0.25) is 0 Å². The van der Waals surface area contributed by atoms with Gasteiger partial charge in [-0.05, 0) is 18.6 Å². The van der Waals surface area contributed by atoms with Gasteiger partial charge in [0, 0.05) is 24.7 Å². The first-order chi connectivity index (χ1) is 10.1. The molecule has 2 N–H and O–H groups in total. The van der Waals surface area contributed by atoms with Gasteiger partial charge in [-0.15, -0.1) is 0 Å². The van der Waals surface area contributed by atoms with E-state index in [-0.39, 0.29) is 11.9 Å². The van der Waals surface area contributed by atoms with E-state index in [1.54, 1.807) is 23.9 Å². The van der Waals surface area contributed by atoms with Crippen molar-refractivity contribution in [3.63, 3.8) is 0 Å². The molecular formula is C16H18N2O3. The number of esters is 1. The van der Waals surface area contributed by atoms with E-state index >= 15 is 0 Å². The van der Waals surface area contributed by atoms with Crippen LogP contribution in [0.15, 0.2) is 36.5 Å². The third-order valence-corrected chi connectivity index (χ3v) is 3.73. The average Bonchev–Trinajstić information content (AvgIpc) is 2.83. The monoisotopic (exact) mass is 286 g/mol. The van der Waals surface area contributed by atoms with Gasteiger partial charge in [-0.2, -0.15) is 0 Å². The largest absolute Gasteiger partial charge is 0.493 e. The number of carbonyl (C=O) groups is 1. The van der Waals surface area contributed by atoms with E-state index in [1.165, 1.54) is 0 Å². The van der Waals surface area contributed by atoms with Gasteiger partial charge in [-0.25, -0.2) is 4.79 Å². The number of benzene rings is 1. The molecule has 0 radical (unpaired) electrons. The average molecular weight is 286 g/mol. The zero-order valence-electron chi connectivity index (χ0n) is 11.9. The molecule has 1 aliphatic rings. The zero-order valence-corrected chi connectivity index (χ0v) is 11.9. The number of nitrogens with two attached hydrogens (primary N) is 1. The molecule has 1 aromatic carbocycles. The molecule has 0 saturated heterocycles.